The summed E-state index contributed by atoms with van der Waals surface area (Å²) >= 11 is 12.1. The fourth-order valence-electron chi connectivity index (χ4n) is 2.98. The zero-order valence-corrected chi connectivity index (χ0v) is 15.2. The Hall–Kier alpha value is -1.62. The third kappa shape index (κ3) is 4.72. The van der Waals surface area contributed by atoms with Crippen molar-refractivity contribution in [2.75, 3.05) is 32.7 Å². The summed E-state index contributed by atoms with van der Waals surface area (Å²) < 4.78 is 13.3. The van der Waals surface area contributed by atoms with E-state index < -0.39 is 0 Å². The van der Waals surface area contributed by atoms with Gasteiger partial charge in [-0.3, -0.25) is 9.69 Å². The maximum Gasteiger partial charge on any atom is 0.254 e. The summed E-state index contributed by atoms with van der Waals surface area (Å²) in [4.78, 5) is 16.5. The van der Waals surface area contributed by atoms with Gasteiger partial charge in [-0.05, 0) is 42.3 Å². The highest BCUT2D eigenvalue weighted by molar-refractivity contribution is 6.35. The van der Waals surface area contributed by atoms with Crippen LogP contribution in [0.15, 0.2) is 42.5 Å². The molecule has 6 heteroatoms. The van der Waals surface area contributed by atoms with Crippen molar-refractivity contribution in [3.8, 4) is 0 Å². The van der Waals surface area contributed by atoms with Crippen LogP contribution in [0.4, 0.5) is 4.39 Å². The molecule has 3 rings (SSSR count). The third-order valence-electron chi connectivity index (χ3n) is 4.44. The highest BCUT2D eigenvalue weighted by Crippen LogP contribution is 2.21. The summed E-state index contributed by atoms with van der Waals surface area (Å²) in [6, 6.07) is 11.4. The first-order valence-corrected chi connectivity index (χ1v) is 8.99. The van der Waals surface area contributed by atoms with Crippen LogP contribution in [0.5, 0.6) is 0 Å². The Morgan fingerprint density at radius 1 is 1.04 bits per heavy atom. The van der Waals surface area contributed by atoms with E-state index in [0.717, 1.165) is 31.6 Å². The molecule has 0 saturated carbocycles. The van der Waals surface area contributed by atoms with Crippen molar-refractivity contribution >= 4 is 29.1 Å². The van der Waals surface area contributed by atoms with Crippen LogP contribution >= 0.6 is 23.2 Å². The highest BCUT2D eigenvalue weighted by atomic mass is 35.5. The third-order valence-corrected chi connectivity index (χ3v) is 5.03. The van der Waals surface area contributed by atoms with E-state index in [9.17, 15) is 9.18 Å². The molecular formula is C19H19Cl2FN2O. The summed E-state index contributed by atoms with van der Waals surface area (Å²) in [5.41, 5.74) is 1.48. The minimum Gasteiger partial charge on any atom is -0.336 e. The topological polar surface area (TPSA) is 23.6 Å². The number of hydrogen-bond acceptors (Lipinski definition) is 2. The Bertz CT molecular complexity index is 761. The van der Waals surface area contributed by atoms with Crippen molar-refractivity contribution in [2.24, 2.45) is 0 Å². The molecule has 0 radical (unpaired) electrons. The summed E-state index contributed by atoms with van der Waals surface area (Å²) in [5.74, 6) is -0.496. The van der Waals surface area contributed by atoms with Crippen LogP contribution in [0.25, 0.3) is 0 Å². The summed E-state index contributed by atoms with van der Waals surface area (Å²) in [5, 5.41) is 1.32. The van der Waals surface area contributed by atoms with Gasteiger partial charge in [-0.1, -0.05) is 35.3 Å². The van der Waals surface area contributed by atoms with Gasteiger partial charge in [-0.25, -0.2) is 4.39 Å². The predicted octanol–water partition coefficient (Wildman–Crippen LogP) is 4.13. The molecular weight excluding hydrogens is 362 g/mol. The molecule has 1 aliphatic heterocycles. The van der Waals surface area contributed by atoms with Crippen molar-refractivity contribution in [1.82, 2.24) is 9.80 Å². The number of benzene rings is 2. The lowest BCUT2D eigenvalue weighted by Crippen LogP contribution is -2.49. The lowest BCUT2D eigenvalue weighted by Gasteiger charge is -2.34. The van der Waals surface area contributed by atoms with Gasteiger partial charge in [0.05, 0.1) is 0 Å². The Morgan fingerprint density at radius 3 is 2.48 bits per heavy atom. The van der Waals surface area contributed by atoms with Crippen molar-refractivity contribution in [3.63, 3.8) is 0 Å². The molecule has 2 aromatic rings. The zero-order valence-electron chi connectivity index (χ0n) is 13.7. The van der Waals surface area contributed by atoms with Gasteiger partial charge >= 0.3 is 0 Å². The van der Waals surface area contributed by atoms with Crippen LogP contribution in [-0.2, 0) is 6.42 Å². The van der Waals surface area contributed by atoms with E-state index in [0.29, 0.717) is 28.7 Å². The monoisotopic (exact) mass is 380 g/mol. The molecule has 1 amide bonds. The van der Waals surface area contributed by atoms with Crippen molar-refractivity contribution in [2.45, 2.75) is 6.42 Å². The number of carbonyl (C=O) groups excluding carboxylic acids is 1. The SMILES string of the molecule is O=C(c1cccc(F)c1)N1CCN(CCc2ccc(Cl)cc2Cl)CC1. The second-order valence-electron chi connectivity index (χ2n) is 6.13. The Balaban J connectivity index is 1.51. The number of piperazine rings is 1. The Kier molecular flexibility index (Phi) is 5.94. The van der Waals surface area contributed by atoms with Crippen LogP contribution < -0.4 is 0 Å². The standard InChI is InChI=1S/C19H19Cl2FN2O/c20-16-5-4-14(18(21)13-16)6-7-23-8-10-24(11-9-23)19(25)15-2-1-3-17(22)12-15/h1-5,12-13H,6-11H2. The van der Waals surface area contributed by atoms with Gasteiger partial charge in [0.15, 0.2) is 0 Å². The molecule has 1 saturated heterocycles. The molecule has 0 aromatic heterocycles. The van der Waals surface area contributed by atoms with E-state index in [4.69, 9.17) is 23.2 Å². The van der Waals surface area contributed by atoms with Gasteiger partial charge in [0.25, 0.3) is 5.91 Å². The maximum atomic E-state index is 13.3. The highest BCUT2D eigenvalue weighted by Gasteiger charge is 2.22. The Morgan fingerprint density at radius 2 is 1.80 bits per heavy atom. The normalized spacial score (nSPS) is 15.4. The second kappa shape index (κ2) is 8.17. The smallest absolute Gasteiger partial charge is 0.254 e. The first-order chi connectivity index (χ1) is 12.0. The molecule has 1 fully saturated rings. The van der Waals surface area contributed by atoms with E-state index in [2.05, 4.69) is 4.90 Å². The molecule has 132 valence electrons. The molecule has 0 unspecified atom stereocenters. The van der Waals surface area contributed by atoms with Crippen LogP contribution in [0.1, 0.15) is 15.9 Å². The van der Waals surface area contributed by atoms with Gasteiger partial charge in [0.1, 0.15) is 5.82 Å². The van der Waals surface area contributed by atoms with E-state index in [1.165, 1.54) is 12.1 Å². The first-order valence-electron chi connectivity index (χ1n) is 8.24. The summed E-state index contributed by atoms with van der Waals surface area (Å²) in [7, 11) is 0. The first kappa shape index (κ1) is 18.2. The fourth-order valence-corrected chi connectivity index (χ4v) is 3.48. The molecule has 1 aliphatic rings. The molecule has 1 heterocycles. The van der Waals surface area contributed by atoms with Crippen LogP contribution in [0.3, 0.4) is 0 Å². The molecule has 0 atom stereocenters. The largest absolute Gasteiger partial charge is 0.336 e. The number of hydrogen-bond donors (Lipinski definition) is 0. The average Bonchev–Trinajstić information content (AvgIpc) is 2.61. The van der Waals surface area contributed by atoms with Crippen LogP contribution in [0.2, 0.25) is 10.0 Å². The van der Waals surface area contributed by atoms with E-state index in [-0.39, 0.29) is 11.7 Å². The molecule has 0 aliphatic carbocycles. The lowest BCUT2D eigenvalue weighted by atomic mass is 10.1. The molecule has 25 heavy (non-hydrogen) atoms. The maximum absolute atomic E-state index is 13.3. The van der Waals surface area contributed by atoms with Crippen molar-refractivity contribution in [3.05, 3.63) is 69.5 Å². The minimum absolute atomic E-state index is 0.111. The minimum atomic E-state index is -0.385. The molecule has 0 N–H and O–H groups in total. The van der Waals surface area contributed by atoms with Crippen molar-refractivity contribution < 1.29 is 9.18 Å². The molecule has 0 bridgehead atoms. The van der Waals surface area contributed by atoms with Crippen LogP contribution in [-0.4, -0.2) is 48.4 Å². The molecule has 2 aromatic carbocycles. The fraction of sp³-hybridized carbons (Fsp3) is 0.316. The number of amides is 1. The van der Waals surface area contributed by atoms with E-state index in [1.54, 1.807) is 23.1 Å². The van der Waals surface area contributed by atoms with Gasteiger partial charge in [0.2, 0.25) is 0 Å². The lowest BCUT2D eigenvalue weighted by molar-refractivity contribution is 0.0638. The van der Waals surface area contributed by atoms with Crippen molar-refractivity contribution in [1.29, 1.82) is 0 Å². The molecule has 0 spiro atoms. The van der Waals surface area contributed by atoms with E-state index in [1.807, 2.05) is 12.1 Å². The number of nitrogens with zero attached hydrogens (tertiary/aromatic N) is 2. The van der Waals surface area contributed by atoms with Gasteiger partial charge in [-0.2, -0.15) is 0 Å². The number of rotatable bonds is 4. The summed E-state index contributed by atoms with van der Waals surface area (Å²) in [6.45, 7) is 3.76. The van der Waals surface area contributed by atoms with Gasteiger partial charge < -0.3 is 4.90 Å². The quantitative estimate of drug-likeness (QED) is 0.795. The number of carbonyl (C=O) groups is 1. The molecule has 3 nitrogen and oxygen atoms in total. The summed E-state index contributed by atoms with van der Waals surface area (Å²) in [6.07, 6.45) is 0.841. The van der Waals surface area contributed by atoms with Crippen LogP contribution in [0, 0.1) is 5.82 Å². The van der Waals surface area contributed by atoms with E-state index >= 15 is 0 Å². The average molecular weight is 381 g/mol. The van der Waals surface area contributed by atoms with Gasteiger partial charge in [0, 0.05) is 48.3 Å². The Labute approximate surface area is 156 Å². The second-order valence-corrected chi connectivity index (χ2v) is 6.97. The van der Waals surface area contributed by atoms with Gasteiger partial charge in [-0.15, -0.1) is 0 Å². The number of halogens is 3. The zero-order chi connectivity index (χ0) is 17.8. The predicted molar refractivity (Wildman–Crippen MR) is 98.9 cm³/mol.